The number of benzene rings is 1. The van der Waals surface area contributed by atoms with Crippen LogP contribution in [0.2, 0.25) is 0 Å². The van der Waals surface area contributed by atoms with Gasteiger partial charge in [-0.3, -0.25) is 0 Å². The molecule has 0 saturated carbocycles. The Morgan fingerprint density at radius 2 is 1.85 bits per heavy atom. The number of fused-ring (bicyclic) bond motifs is 1. The van der Waals surface area contributed by atoms with Gasteiger partial charge in [0.25, 0.3) is 0 Å². The van der Waals surface area contributed by atoms with Crippen molar-refractivity contribution in [3.8, 4) is 12.1 Å². The lowest BCUT2D eigenvalue weighted by atomic mass is 10.1. The molecule has 0 atom stereocenters. The zero-order valence-electron chi connectivity index (χ0n) is 6.48. The quantitative estimate of drug-likeness (QED) is 0.599. The van der Waals surface area contributed by atoms with Crippen molar-refractivity contribution in [1.82, 2.24) is 4.98 Å². The number of nitrogens with zero attached hydrogens (tertiary/aromatic N) is 3. The van der Waals surface area contributed by atoms with Crippen LogP contribution < -0.4 is 0 Å². The molecule has 60 valence electrons. The first kappa shape index (κ1) is 7.33. The fraction of sp³-hybridized carbons (Fsp3) is 0. The van der Waals surface area contributed by atoms with Crippen LogP contribution in [0.3, 0.4) is 0 Å². The van der Waals surface area contributed by atoms with Gasteiger partial charge in [0.15, 0.2) is 12.0 Å². The molecule has 4 heteroatoms. The molecule has 0 spiro atoms. The summed E-state index contributed by atoms with van der Waals surface area (Å²) >= 11 is 0. The molecule has 2 aromatic rings. The van der Waals surface area contributed by atoms with E-state index in [2.05, 4.69) is 4.98 Å². The lowest BCUT2D eigenvalue weighted by Crippen LogP contribution is -1.82. The van der Waals surface area contributed by atoms with E-state index in [1.165, 1.54) is 18.5 Å². The van der Waals surface area contributed by atoms with Crippen molar-refractivity contribution in [2.24, 2.45) is 0 Å². The summed E-state index contributed by atoms with van der Waals surface area (Å²) in [6.45, 7) is 0. The normalized spacial score (nSPS) is 9.38. The summed E-state index contributed by atoms with van der Waals surface area (Å²) in [5.74, 6) is 0. The number of rotatable bonds is 0. The van der Waals surface area contributed by atoms with Gasteiger partial charge in [0.05, 0.1) is 11.1 Å². The predicted octanol–water partition coefficient (Wildman–Crippen LogP) is 1.57. The average Bonchev–Trinajstić information content (AvgIpc) is 2.62. The second-order valence-electron chi connectivity index (χ2n) is 2.44. The second-order valence-corrected chi connectivity index (χ2v) is 2.44. The highest BCUT2D eigenvalue weighted by atomic mass is 16.3. The fourth-order valence-corrected chi connectivity index (χ4v) is 1.09. The fourth-order valence-electron chi connectivity index (χ4n) is 1.09. The Morgan fingerprint density at radius 3 is 2.54 bits per heavy atom. The maximum Gasteiger partial charge on any atom is 0.181 e. The highest BCUT2D eigenvalue weighted by Gasteiger charge is 2.06. The molecule has 0 radical (unpaired) electrons. The molecule has 0 aliphatic carbocycles. The summed E-state index contributed by atoms with van der Waals surface area (Å²) in [5.41, 5.74) is 1.75. The first-order valence-corrected chi connectivity index (χ1v) is 3.52. The van der Waals surface area contributed by atoms with E-state index >= 15 is 0 Å². The van der Waals surface area contributed by atoms with E-state index in [4.69, 9.17) is 14.9 Å². The van der Waals surface area contributed by atoms with Crippen molar-refractivity contribution in [1.29, 1.82) is 10.5 Å². The predicted molar refractivity (Wildman–Crippen MR) is 43.4 cm³/mol. The highest BCUT2D eigenvalue weighted by molar-refractivity contribution is 5.76. The van der Waals surface area contributed by atoms with Gasteiger partial charge in [-0.25, -0.2) is 4.98 Å². The lowest BCUT2D eigenvalue weighted by Gasteiger charge is -1.91. The Morgan fingerprint density at radius 1 is 1.15 bits per heavy atom. The molecule has 1 heterocycles. The van der Waals surface area contributed by atoms with Gasteiger partial charge in [0, 0.05) is 6.07 Å². The van der Waals surface area contributed by atoms with Gasteiger partial charge >= 0.3 is 0 Å². The lowest BCUT2D eigenvalue weighted by molar-refractivity contribution is 0.602. The van der Waals surface area contributed by atoms with Crippen LogP contribution in [0.15, 0.2) is 22.9 Å². The molecule has 0 unspecified atom stereocenters. The summed E-state index contributed by atoms with van der Waals surface area (Å²) in [6, 6.07) is 6.90. The molecule has 0 N–H and O–H groups in total. The zero-order valence-corrected chi connectivity index (χ0v) is 6.48. The van der Waals surface area contributed by atoms with Gasteiger partial charge in [-0.15, -0.1) is 0 Å². The number of hydrogen-bond donors (Lipinski definition) is 0. The Bertz CT molecular complexity index is 494. The first-order chi connectivity index (χ1) is 6.35. The smallest absolute Gasteiger partial charge is 0.181 e. The van der Waals surface area contributed by atoms with Crippen molar-refractivity contribution in [2.75, 3.05) is 0 Å². The number of nitriles is 2. The zero-order chi connectivity index (χ0) is 9.26. The van der Waals surface area contributed by atoms with Crippen molar-refractivity contribution in [3.63, 3.8) is 0 Å². The first-order valence-electron chi connectivity index (χ1n) is 3.52. The van der Waals surface area contributed by atoms with Crippen LogP contribution >= 0.6 is 0 Å². The Kier molecular flexibility index (Phi) is 1.47. The average molecular weight is 169 g/mol. The van der Waals surface area contributed by atoms with E-state index in [1.807, 2.05) is 12.1 Å². The SMILES string of the molecule is N#Cc1cc2ncoc2cc1C#N. The standard InChI is InChI=1S/C9H3N3O/c10-3-6-1-8-9(13-5-12-8)2-7(6)4-11/h1-2,5H. The minimum absolute atomic E-state index is 0.312. The monoisotopic (exact) mass is 169 g/mol. The van der Waals surface area contributed by atoms with E-state index in [9.17, 15) is 0 Å². The molecule has 1 aromatic carbocycles. The number of oxazole rings is 1. The summed E-state index contributed by atoms with van der Waals surface area (Å²) in [5, 5.41) is 17.4. The summed E-state index contributed by atoms with van der Waals surface area (Å²) in [7, 11) is 0. The van der Waals surface area contributed by atoms with Gasteiger partial charge in [0.1, 0.15) is 17.7 Å². The molecule has 0 fully saturated rings. The van der Waals surface area contributed by atoms with Crippen molar-refractivity contribution in [2.45, 2.75) is 0 Å². The van der Waals surface area contributed by atoms with Gasteiger partial charge < -0.3 is 4.42 Å². The summed E-state index contributed by atoms with van der Waals surface area (Å²) in [4.78, 5) is 3.88. The largest absolute Gasteiger partial charge is 0.443 e. The molecular formula is C9H3N3O. The van der Waals surface area contributed by atoms with Crippen LogP contribution in [0.1, 0.15) is 11.1 Å². The van der Waals surface area contributed by atoms with Crippen LogP contribution in [0.4, 0.5) is 0 Å². The molecule has 0 saturated heterocycles. The van der Waals surface area contributed by atoms with Crippen LogP contribution in [0.5, 0.6) is 0 Å². The van der Waals surface area contributed by atoms with Gasteiger partial charge in [-0.05, 0) is 6.07 Å². The minimum atomic E-state index is 0.312. The maximum absolute atomic E-state index is 8.69. The molecule has 0 bridgehead atoms. The molecule has 4 nitrogen and oxygen atoms in total. The van der Waals surface area contributed by atoms with Crippen molar-refractivity contribution in [3.05, 3.63) is 29.7 Å². The van der Waals surface area contributed by atoms with E-state index in [0.717, 1.165) is 0 Å². The van der Waals surface area contributed by atoms with Crippen LogP contribution in [-0.4, -0.2) is 4.98 Å². The van der Waals surface area contributed by atoms with E-state index < -0.39 is 0 Å². The Labute approximate surface area is 73.6 Å². The number of hydrogen-bond acceptors (Lipinski definition) is 4. The van der Waals surface area contributed by atoms with E-state index in [1.54, 1.807) is 0 Å². The van der Waals surface area contributed by atoms with Crippen LogP contribution in [-0.2, 0) is 0 Å². The van der Waals surface area contributed by atoms with Gasteiger partial charge in [-0.1, -0.05) is 0 Å². The summed E-state index contributed by atoms with van der Waals surface area (Å²) in [6.07, 6.45) is 1.28. The summed E-state index contributed by atoms with van der Waals surface area (Å²) < 4.78 is 4.99. The topological polar surface area (TPSA) is 73.6 Å². The Balaban J connectivity index is 2.85. The second kappa shape index (κ2) is 2.62. The highest BCUT2D eigenvalue weighted by Crippen LogP contribution is 2.17. The van der Waals surface area contributed by atoms with E-state index in [-0.39, 0.29) is 0 Å². The molecular weight excluding hydrogens is 166 g/mol. The molecule has 0 aliphatic heterocycles. The molecule has 1 aromatic heterocycles. The third-order valence-corrected chi connectivity index (χ3v) is 1.71. The minimum Gasteiger partial charge on any atom is -0.443 e. The van der Waals surface area contributed by atoms with Gasteiger partial charge in [-0.2, -0.15) is 10.5 Å². The molecule has 0 amide bonds. The Hall–Kier alpha value is -2.33. The maximum atomic E-state index is 8.69. The molecule has 13 heavy (non-hydrogen) atoms. The molecule has 0 aliphatic rings. The van der Waals surface area contributed by atoms with Crippen LogP contribution in [0.25, 0.3) is 11.1 Å². The van der Waals surface area contributed by atoms with Gasteiger partial charge in [0.2, 0.25) is 0 Å². The number of aromatic nitrogens is 1. The van der Waals surface area contributed by atoms with Crippen molar-refractivity contribution < 1.29 is 4.42 Å². The van der Waals surface area contributed by atoms with Crippen molar-refractivity contribution >= 4 is 11.1 Å². The van der Waals surface area contributed by atoms with E-state index in [0.29, 0.717) is 22.2 Å². The third-order valence-electron chi connectivity index (χ3n) is 1.71. The third kappa shape index (κ3) is 1.02. The van der Waals surface area contributed by atoms with Crippen LogP contribution in [0, 0.1) is 22.7 Å². The molecule has 2 rings (SSSR count).